The van der Waals surface area contributed by atoms with Gasteiger partial charge in [0.25, 0.3) is 26.1 Å². The van der Waals surface area contributed by atoms with Crippen LogP contribution < -0.4 is 5.43 Å². The highest BCUT2D eigenvalue weighted by molar-refractivity contribution is 7.86. The second kappa shape index (κ2) is 7.25. The molecular formula is C13H14N2O9S2. The molecule has 26 heavy (non-hydrogen) atoms. The fraction of sp³-hybridized carbons (Fsp3) is 0.308. The summed E-state index contributed by atoms with van der Waals surface area (Å²) in [5, 5.41) is 0.859. The van der Waals surface area contributed by atoms with Crippen LogP contribution in [0.1, 0.15) is 12.5 Å². The van der Waals surface area contributed by atoms with Crippen LogP contribution in [0.25, 0.3) is 0 Å². The Bertz CT molecular complexity index is 994. The van der Waals surface area contributed by atoms with Gasteiger partial charge < -0.3 is 4.74 Å². The van der Waals surface area contributed by atoms with Gasteiger partial charge in [0.1, 0.15) is 16.4 Å². The lowest BCUT2D eigenvalue weighted by Crippen LogP contribution is -2.38. The summed E-state index contributed by atoms with van der Waals surface area (Å²) >= 11 is 0. The molecule has 1 atom stereocenters. The normalized spacial score (nSPS) is 18.3. The molecule has 1 amide bonds. The van der Waals surface area contributed by atoms with Gasteiger partial charge in [-0.05, 0) is 24.6 Å². The van der Waals surface area contributed by atoms with E-state index in [-0.39, 0.29) is 17.7 Å². The Kier molecular flexibility index (Phi) is 5.63. The zero-order chi connectivity index (χ0) is 19.7. The molecule has 0 radical (unpaired) electrons. The first-order chi connectivity index (χ1) is 12.0. The third kappa shape index (κ3) is 4.16. The monoisotopic (exact) mass is 406 g/mol. The topological polar surface area (TPSA) is 167 Å². The highest BCUT2D eigenvalue weighted by Crippen LogP contribution is 2.24. The molecule has 1 heterocycles. The molecule has 1 aliphatic rings. The van der Waals surface area contributed by atoms with Crippen LogP contribution in [0.15, 0.2) is 33.6 Å². The zero-order valence-electron chi connectivity index (χ0n) is 13.2. The van der Waals surface area contributed by atoms with Crippen molar-refractivity contribution in [1.82, 2.24) is 10.4 Å². The predicted octanol–water partition coefficient (Wildman–Crippen LogP) is -0.853. The van der Waals surface area contributed by atoms with Crippen molar-refractivity contribution in [3.8, 4) is 0 Å². The van der Waals surface area contributed by atoms with Crippen LogP contribution in [0.5, 0.6) is 0 Å². The summed E-state index contributed by atoms with van der Waals surface area (Å²) in [6, 6.07) is 2.45. The van der Waals surface area contributed by atoms with Crippen molar-refractivity contribution in [3.63, 3.8) is 0 Å². The number of ether oxygens (including phenoxy) is 1. The number of hydrazine groups is 1. The van der Waals surface area contributed by atoms with Crippen molar-refractivity contribution in [3.05, 3.63) is 29.3 Å². The van der Waals surface area contributed by atoms with Crippen LogP contribution in [-0.2, 0) is 41.1 Å². The van der Waals surface area contributed by atoms with E-state index in [0.717, 1.165) is 17.1 Å². The molecule has 3 N–H and O–H groups in total. The maximum Gasteiger partial charge on any atom is 0.294 e. The van der Waals surface area contributed by atoms with Gasteiger partial charge in [-0.1, -0.05) is 6.07 Å². The summed E-state index contributed by atoms with van der Waals surface area (Å²) in [5.74, 6) is 0.625. The summed E-state index contributed by atoms with van der Waals surface area (Å²) in [7, 11) is -9.59. The van der Waals surface area contributed by atoms with Crippen LogP contribution in [-0.4, -0.2) is 55.6 Å². The van der Waals surface area contributed by atoms with Gasteiger partial charge in [-0.2, -0.15) is 22.3 Å². The molecule has 1 saturated heterocycles. The number of rotatable bonds is 6. The predicted molar refractivity (Wildman–Crippen MR) is 84.4 cm³/mol. The highest BCUT2D eigenvalue weighted by atomic mass is 32.2. The molecule has 0 aromatic heterocycles. The third-order valence-electron chi connectivity index (χ3n) is 3.40. The van der Waals surface area contributed by atoms with E-state index in [1.54, 1.807) is 6.92 Å². The lowest BCUT2D eigenvalue weighted by atomic mass is 10.2. The van der Waals surface area contributed by atoms with E-state index in [4.69, 9.17) is 9.29 Å². The smallest absolute Gasteiger partial charge is 0.294 e. The molecule has 0 aliphatic carbocycles. The van der Waals surface area contributed by atoms with Crippen molar-refractivity contribution >= 4 is 32.1 Å². The van der Waals surface area contributed by atoms with Crippen LogP contribution in [0.2, 0.25) is 0 Å². The molecule has 0 bridgehead atoms. The minimum absolute atomic E-state index is 0.164. The molecule has 142 valence electrons. The number of hydrogen-bond acceptors (Lipinski definition) is 8. The highest BCUT2D eigenvalue weighted by Gasteiger charge is 2.37. The second-order valence-corrected chi connectivity index (χ2v) is 7.90. The van der Waals surface area contributed by atoms with Crippen molar-refractivity contribution in [1.29, 1.82) is 0 Å². The quantitative estimate of drug-likeness (QED) is 0.307. The Labute approximate surface area is 148 Å². The summed E-state index contributed by atoms with van der Waals surface area (Å²) in [5.41, 5.74) is 2.02. The number of carbonyl (C=O) groups excluding carboxylic acids is 2. The summed E-state index contributed by atoms with van der Waals surface area (Å²) < 4.78 is 68.9. The lowest BCUT2D eigenvalue weighted by Gasteiger charge is -2.18. The number of benzene rings is 1. The Balaban J connectivity index is 2.44. The molecule has 1 aliphatic heterocycles. The van der Waals surface area contributed by atoms with Crippen LogP contribution in [0.4, 0.5) is 0 Å². The summed E-state index contributed by atoms with van der Waals surface area (Å²) in [6.07, 6.45) is -1.07. The number of hydrogen-bond donors (Lipinski definition) is 3. The average Bonchev–Trinajstić information content (AvgIpc) is 2.81. The van der Waals surface area contributed by atoms with Gasteiger partial charge in [0, 0.05) is 6.61 Å². The molecule has 1 fully saturated rings. The fourth-order valence-electron chi connectivity index (χ4n) is 2.26. The van der Waals surface area contributed by atoms with Crippen molar-refractivity contribution in [2.75, 3.05) is 6.61 Å². The number of nitrogens with one attached hydrogen (secondary N) is 1. The molecule has 1 aromatic rings. The first kappa shape index (κ1) is 20.2. The number of amides is 1. The standard InChI is InChI=1S/C13H14N2O9S2/c1-2-24-12-10(7-16)13(17)15(14-12)6-8-3-4-9(25(18,19)20)5-11(8)26(21,22)23/h3-5,12,14H,2,6H2,1H3,(H,18,19,20)(H,21,22,23). The Morgan fingerprint density at radius 1 is 1.23 bits per heavy atom. The molecule has 0 saturated carbocycles. The Morgan fingerprint density at radius 2 is 1.88 bits per heavy atom. The molecule has 13 heteroatoms. The maximum atomic E-state index is 12.1. The van der Waals surface area contributed by atoms with E-state index in [1.165, 1.54) is 5.94 Å². The Morgan fingerprint density at radius 3 is 2.38 bits per heavy atom. The van der Waals surface area contributed by atoms with E-state index >= 15 is 0 Å². The first-order valence-corrected chi connectivity index (χ1v) is 9.89. The lowest BCUT2D eigenvalue weighted by molar-refractivity contribution is -0.127. The van der Waals surface area contributed by atoms with Crippen molar-refractivity contribution < 1.29 is 40.3 Å². The largest absolute Gasteiger partial charge is 0.357 e. The number of nitrogens with zero attached hydrogens (tertiary/aromatic N) is 1. The van der Waals surface area contributed by atoms with Crippen molar-refractivity contribution in [2.45, 2.75) is 29.5 Å². The first-order valence-electron chi connectivity index (χ1n) is 7.01. The molecule has 0 spiro atoms. The van der Waals surface area contributed by atoms with E-state index < -0.39 is 48.7 Å². The van der Waals surface area contributed by atoms with Gasteiger partial charge in [-0.25, -0.2) is 4.79 Å². The second-order valence-electron chi connectivity index (χ2n) is 5.09. The van der Waals surface area contributed by atoms with Gasteiger partial charge >= 0.3 is 0 Å². The van der Waals surface area contributed by atoms with Gasteiger partial charge in [0.15, 0.2) is 6.23 Å². The van der Waals surface area contributed by atoms with Crippen LogP contribution in [0.3, 0.4) is 0 Å². The van der Waals surface area contributed by atoms with E-state index in [2.05, 4.69) is 5.43 Å². The Hall–Kier alpha value is -2.12. The minimum atomic E-state index is -4.87. The van der Waals surface area contributed by atoms with Gasteiger partial charge in [-0.15, -0.1) is 0 Å². The SMILES string of the molecule is CCOC1NN(Cc2ccc(S(=O)(=O)O)cc2S(=O)(=O)O)C(=O)C1=C=O. The van der Waals surface area contributed by atoms with Gasteiger partial charge in [0.05, 0.1) is 11.4 Å². The summed E-state index contributed by atoms with van der Waals surface area (Å²) in [6.45, 7) is 1.35. The fourth-order valence-corrected chi connectivity index (χ4v) is 3.58. The van der Waals surface area contributed by atoms with Crippen molar-refractivity contribution in [2.24, 2.45) is 0 Å². The van der Waals surface area contributed by atoms with E-state index in [1.807, 2.05) is 0 Å². The molecule has 2 rings (SSSR count). The van der Waals surface area contributed by atoms with Gasteiger partial charge in [-0.3, -0.25) is 18.9 Å². The average molecular weight is 406 g/mol. The van der Waals surface area contributed by atoms with E-state index in [9.17, 15) is 31.0 Å². The number of carbonyl (C=O) groups is 1. The third-order valence-corrected chi connectivity index (χ3v) is 5.18. The van der Waals surface area contributed by atoms with E-state index in [0.29, 0.717) is 6.07 Å². The van der Waals surface area contributed by atoms with Crippen LogP contribution in [0, 0.1) is 0 Å². The molecule has 11 nitrogen and oxygen atoms in total. The minimum Gasteiger partial charge on any atom is -0.357 e. The maximum absolute atomic E-state index is 12.1. The molecule has 1 unspecified atom stereocenters. The molecular weight excluding hydrogens is 392 g/mol. The zero-order valence-corrected chi connectivity index (χ0v) is 14.9. The summed E-state index contributed by atoms with van der Waals surface area (Å²) in [4.78, 5) is 21.5. The van der Waals surface area contributed by atoms with Gasteiger partial charge in [0.2, 0.25) is 0 Å². The molecule has 1 aromatic carbocycles. The van der Waals surface area contributed by atoms with Crippen LogP contribution >= 0.6 is 0 Å².